The second-order valence-electron chi connectivity index (χ2n) is 7.02. The van der Waals surface area contributed by atoms with Gasteiger partial charge in [0, 0.05) is 25.0 Å². The Morgan fingerprint density at radius 1 is 1.07 bits per heavy atom. The highest BCUT2D eigenvalue weighted by Crippen LogP contribution is 2.23. The lowest BCUT2D eigenvalue weighted by atomic mass is 10.1. The lowest BCUT2D eigenvalue weighted by Crippen LogP contribution is -2.38. The molecule has 0 bridgehead atoms. The van der Waals surface area contributed by atoms with Crippen LogP contribution in [0.5, 0.6) is 0 Å². The zero-order valence-electron chi connectivity index (χ0n) is 15.4. The van der Waals surface area contributed by atoms with Crippen molar-refractivity contribution >= 4 is 10.9 Å². The molecule has 1 aliphatic rings. The summed E-state index contributed by atoms with van der Waals surface area (Å²) in [5, 5.41) is 12.6. The zero-order valence-corrected chi connectivity index (χ0v) is 15.4. The fourth-order valence-corrected chi connectivity index (χ4v) is 3.61. The van der Waals surface area contributed by atoms with E-state index < -0.39 is 0 Å². The van der Waals surface area contributed by atoms with Crippen molar-refractivity contribution in [3.63, 3.8) is 0 Å². The Hall–Kier alpha value is -3.03. The van der Waals surface area contributed by atoms with Crippen LogP contribution >= 0.6 is 0 Å². The van der Waals surface area contributed by atoms with Crippen LogP contribution in [0.1, 0.15) is 29.1 Å². The molecular formula is C21H21N5O2. The van der Waals surface area contributed by atoms with E-state index in [9.17, 15) is 0 Å². The van der Waals surface area contributed by atoms with Gasteiger partial charge in [-0.3, -0.25) is 10.00 Å². The SMILES string of the molecule is c1ccc(CN2CCO[C@@H](c3noc(Cc4[nH]nc5ccccc45)n3)C2)cc1. The zero-order chi connectivity index (χ0) is 18.8. The molecule has 1 atom stereocenters. The van der Waals surface area contributed by atoms with E-state index in [2.05, 4.69) is 49.5 Å². The van der Waals surface area contributed by atoms with Gasteiger partial charge in [-0.15, -0.1) is 0 Å². The molecule has 5 rings (SSSR count). The number of rotatable bonds is 5. The van der Waals surface area contributed by atoms with Gasteiger partial charge in [0.05, 0.1) is 24.2 Å². The van der Waals surface area contributed by atoms with E-state index in [0.717, 1.165) is 36.2 Å². The van der Waals surface area contributed by atoms with Crippen molar-refractivity contribution in [2.45, 2.75) is 19.1 Å². The summed E-state index contributed by atoms with van der Waals surface area (Å²) in [6.45, 7) is 3.20. The van der Waals surface area contributed by atoms with Gasteiger partial charge < -0.3 is 9.26 Å². The summed E-state index contributed by atoms with van der Waals surface area (Å²) in [6.07, 6.45) is 0.349. The summed E-state index contributed by atoms with van der Waals surface area (Å²) in [4.78, 5) is 6.94. The third-order valence-corrected chi connectivity index (χ3v) is 5.04. The third kappa shape index (κ3) is 3.54. The molecule has 1 saturated heterocycles. The maximum absolute atomic E-state index is 5.90. The van der Waals surface area contributed by atoms with Crippen molar-refractivity contribution in [1.29, 1.82) is 0 Å². The number of H-pyrrole nitrogens is 1. The molecule has 7 heteroatoms. The molecule has 0 saturated carbocycles. The lowest BCUT2D eigenvalue weighted by molar-refractivity contribution is -0.0380. The van der Waals surface area contributed by atoms with Crippen LogP contribution in [0.3, 0.4) is 0 Å². The van der Waals surface area contributed by atoms with Crippen LogP contribution in [0.4, 0.5) is 0 Å². The third-order valence-electron chi connectivity index (χ3n) is 5.04. The Bertz CT molecular complexity index is 1060. The quantitative estimate of drug-likeness (QED) is 0.577. The van der Waals surface area contributed by atoms with E-state index in [1.165, 1.54) is 5.56 Å². The normalized spacial score (nSPS) is 17.9. The molecule has 1 N–H and O–H groups in total. The highest BCUT2D eigenvalue weighted by atomic mass is 16.5. The summed E-state index contributed by atoms with van der Waals surface area (Å²) in [5.74, 6) is 1.17. The maximum atomic E-state index is 5.90. The van der Waals surface area contributed by atoms with Crippen molar-refractivity contribution in [1.82, 2.24) is 25.2 Å². The van der Waals surface area contributed by atoms with Crippen LogP contribution in [0.25, 0.3) is 10.9 Å². The molecule has 3 heterocycles. The van der Waals surface area contributed by atoms with Crippen LogP contribution in [-0.4, -0.2) is 44.9 Å². The van der Waals surface area contributed by atoms with E-state index in [-0.39, 0.29) is 6.10 Å². The van der Waals surface area contributed by atoms with Crippen molar-refractivity contribution in [3.8, 4) is 0 Å². The minimum Gasteiger partial charge on any atom is -0.367 e. The minimum absolute atomic E-state index is 0.173. The van der Waals surface area contributed by atoms with Crippen molar-refractivity contribution in [3.05, 3.63) is 77.6 Å². The van der Waals surface area contributed by atoms with Crippen LogP contribution in [0.2, 0.25) is 0 Å². The molecule has 0 unspecified atom stereocenters. The first-order valence-corrected chi connectivity index (χ1v) is 9.47. The number of nitrogens with zero attached hydrogens (tertiary/aromatic N) is 4. The summed E-state index contributed by atoms with van der Waals surface area (Å²) >= 11 is 0. The van der Waals surface area contributed by atoms with Gasteiger partial charge in [-0.25, -0.2) is 0 Å². The number of aromatic amines is 1. The Morgan fingerprint density at radius 3 is 2.86 bits per heavy atom. The van der Waals surface area contributed by atoms with Crippen LogP contribution in [0.15, 0.2) is 59.1 Å². The van der Waals surface area contributed by atoms with Crippen LogP contribution in [0, 0.1) is 0 Å². The summed E-state index contributed by atoms with van der Waals surface area (Å²) < 4.78 is 11.4. The molecule has 2 aromatic heterocycles. The van der Waals surface area contributed by atoms with Gasteiger partial charge in [0.25, 0.3) is 0 Å². The van der Waals surface area contributed by atoms with Crippen LogP contribution < -0.4 is 0 Å². The maximum Gasteiger partial charge on any atom is 0.232 e. The van der Waals surface area contributed by atoms with E-state index >= 15 is 0 Å². The van der Waals surface area contributed by atoms with Gasteiger partial charge in [0.1, 0.15) is 6.10 Å². The number of hydrogen-bond donors (Lipinski definition) is 1. The van der Waals surface area contributed by atoms with Gasteiger partial charge in [-0.2, -0.15) is 10.1 Å². The Labute approximate surface area is 162 Å². The molecule has 0 spiro atoms. The summed E-state index contributed by atoms with van der Waals surface area (Å²) in [7, 11) is 0. The molecule has 0 amide bonds. The summed E-state index contributed by atoms with van der Waals surface area (Å²) in [5.41, 5.74) is 3.20. The first-order chi connectivity index (χ1) is 13.8. The van der Waals surface area contributed by atoms with Crippen molar-refractivity contribution < 1.29 is 9.26 Å². The molecular weight excluding hydrogens is 354 g/mol. The Morgan fingerprint density at radius 2 is 1.93 bits per heavy atom. The lowest BCUT2D eigenvalue weighted by Gasteiger charge is -2.31. The monoisotopic (exact) mass is 375 g/mol. The number of para-hydroxylation sites is 1. The first-order valence-electron chi connectivity index (χ1n) is 9.47. The fourth-order valence-electron chi connectivity index (χ4n) is 3.61. The summed E-state index contributed by atoms with van der Waals surface area (Å²) in [6, 6.07) is 18.4. The standard InChI is InChI=1S/C21H21N5O2/c1-2-6-15(7-3-1)13-26-10-11-27-19(14-26)21-22-20(28-25-21)12-18-16-8-4-5-9-17(16)23-24-18/h1-9,19H,10-14H2,(H,23,24)/t19-/m1/s1. The Balaban J connectivity index is 1.27. The number of benzene rings is 2. The highest BCUT2D eigenvalue weighted by Gasteiger charge is 2.26. The van der Waals surface area contributed by atoms with Crippen molar-refractivity contribution in [2.75, 3.05) is 19.7 Å². The molecule has 7 nitrogen and oxygen atoms in total. The van der Waals surface area contributed by atoms with Gasteiger partial charge in [0.15, 0.2) is 0 Å². The number of hydrogen-bond acceptors (Lipinski definition) is 6. The average Bonchev–Trinajstić information content (AvgIpc) is 3.37. The molecule has 1 aliphatic heterocycles. The number of nitrogens with one attached hydrogen (secondary N) is 1. The molecule has 1 fully saturated rings. The van der Waals surface area contributed by atoms with Gasteiger partial charge in [0.2, 0.25) is 11.7 Å². The molecule has 142 valence electrons. The highest BCUT2D eigenvalue weighted by molar-refractivity contribution is 5.81. The second-order valence-corrected chi connectivity index (χ2v) is 7.02. The number of ether oxygens (including phenoxy) is 1. The van der Waals surface area contributed by atoms with E-state index in [1.807, 2.05) is 30.3 Å². The number of aromatic nitrogens is 4. The first kappa shape index (κ1) is 17.1. The average molecular weight is 375 g/mol. The molecule has 4 aromatic rings. The topological polar surface area (TPSA) is 80.1 Å². The van der Waals surface area contributed by atoms with Crippen molar-refractivity contribution in [2.24, 2.45) is 0 Å². The molecule has 0 aliphatic carbocycles. The smallest absolute Gasteiger partial charge is 0.232 e. The number of fused-ring (bicyclic) bond motifs is 1. The molecule has 0 radical (unpaired) electrons. The van der Waals surface area contributed by atoms with E-state index in [4.69, 9.17) is 9.26 Å². The van der Waals surface area contributed by atoms with Gasteiger partial charge in [-0.05, 0) is 11.6 Å². The molecule has 2 aromatic carbocycles. The van der Waals surface area contributed by atoms with Gasteiger partial charge >= 0.3 is 0 Å². The number of morpholine rings is 1. The van der Waals surface area contributed by atoms with Gasteiger partial charge in [-0.1, -0.05) is 53.7 Å². The van der Waals surface area contributed by atoms with Crippen LogP contribution in [-0.2, 0) is 17.7 Å². The predicted molar refractivity (Wildman–Crippen MR) is 104 cm³/mol. The minimum atomic E-state index is -0.173. The van der Waals surface area contributed by atoms with E-state index in [1.54, 1.807) is 0 Å². The second kappa shape index (κ2) is 7.53. The Kier molecular flexibility index (Phi) is 4.60. The fraction of sp³-hybridized carbons (Fsp3) is 0.286. The molecule has 28 heavy (non-hydrogen) atoms. The predicted octanol–water partition coefficient (Wildman–Crippen LogP) is 3.11. The largest absolute Gasteiger partial charge is 0.367 e. The van der Waals surface area contributed by atoms with E-state index in [0.29, 0.717) is 24.7 Å².